The summed E-state index contributed by atoms with van der Waals surface area (Å²) in [6, 6.07) is 0. The highest BCUT2D eigenvalue weighted by Gasteiger charge is 2.08. The summed E-state index contributed by atoms with van der Waals surface area (Å²) in [7, 11) is 0. The first kappa shape index (κ1) is 33.1. The van der Waals surface area contributed by atoms with E-state index in [-0.39, 0.29) is 0 Å². The summed E-state index contributed by atoms with van der Waals surface area (Å²) in [6.45, 7) is 34.9. The molecule has 1 heteroatoms. The summed E-state index contributed by atoms with van der Waals surface area (Å²) < 4.78 is 0. The van der Waals surface area contributed by atoms with Gasteiger partial charge in [0.25, 0.3) is 0 Å². The first-order chi connectivity index (χ1) is 15.6. The Morgan fingerprint density at radius 2 is 1.42 bits per heavy atom. The van der Waals surface area contributed by atoms with Crippen molar-refractivity contribution in [2.75, 3.05) is 6.54 Å². The second-order valence-corrected chi connectivity index (χ2v) is 9.02. The molecule has 0 aliphatic carbocycles. The van der Waals surface area contributed by atoms with Crippen molar-refractivity contribution in [2.24, 2.45) is 17.6 Å². The van der Waals surface area contributed by atoms with Crippen LogP contribution >= 0.6 is 0 Å². The van der Waals surface area contributed by atoms with Gasteiger partial charge in [-0.15, -0.1) is 0 Å². The number of nitrogens with two attached hydrogens (primary N) is 1. The predicted molar refractivity (Wildman–Crippen MR) is 154 cm³/mol. The summed E-state index contributed by atoms with van der Waals surface area (Å²) >= 11 is 0. The molecule has 2 atom stereocenters. The molecule has 2 unspecified atom stereocenters. The van der Waals surface area contributed by atoms with Crippen molar-refractivity contribution in [3.63, 3.8) is 0 Å². The average Bonchev–Trinajstić information content (AvgIpc) is 2.81. The van der Waals surface area contributed by atoms with Crippen LogP contribution in [-0.2, 0) is 0 Å². The molecule has 33 heavy (non-hydrogen) atoms. The number of hydrogen-bond acceptors (Lipinski definition) is 1. The van der Waals surface area contributed by atoms with Crippen molar-refractivity contribution in [1.29, 1.82) is 0 Å². The maximum Gasteiger partial charge on any atom is -0.00743 e. The van der Waals surface area contributed by atoms with Gasteiger partial charge in [0.05, 0.1) is 0 Å². The van der Waals surface area contributed by atoms with Gasteiger partial charge in [0.15, 0.2) is 0 Å². The van der Waals surface area contributed by atoms with Crippen molar-refractivity contribution < 1.29 is 0 Å². The number of allylic oxidation sites excluding steroid dienone is 11. The summed E-state index contributed by atoms with van der Waals surface area (Å²) in [5.74, 6) is 1.25. The Hall–Kier alpha value is -2.12. The van der Waals surface area contributed by atoms with Crippen LogP contribution in [0.4, 0.5) is 0 Å². The second kappa shape index (κ2) is 20.5. The molecule has 0 amide bonds. The second-order valence-electron chi connectivity index (χ2n) is 9.02. The molecule has 0 saturated heterocycles. The summed E-state index contributed by atoms with van der Waals surface area (Å²) in [6.07, 6.45) is 18.0. The van der Waals surface area contributed by atoms with Gasteiger partial charge in [-0.1, -0.05) is 130 Å². The molecule has 0 fully saturated rings. The topological polar surface area (TPSA) is 26.0 Å². The van der Waals surface area contributed by atoms with E-state index in [1.807, 2.05) is 12.2 Å². The van der Waals surface area contributed by atoms with Crippen LogP contribution in [0.2, 0.25) is 0 Å². The lowest BCUT2D eigenvalue weighted by Gasteiger charge is -2.15. The zero-order valence-electron chi connectivity index (χ0n) is 22.8. The van der Waals surface area contributed by atoms with Crippen LogP contribution < -0.4 is 5.73 Å². The SMILES string of the molecule is C=C(/C=C\CCCN)C(=C)/C=C(/CC)C(=C)C(=C)/C=C\C(=C)C(C)CCC(C)CC.CCC. The van der Waals surface area contributed by atoms with Crippen molar-refractivity contribution in [2.45, 2.75) is 86.5 Å². The number of hydrogen-bond donors (Lipinski definition) is 1. The lowest BCUT2D eigenvalue weighted by atomic mass is 9.90. The Bertz CT molecular complexity index is 711. The van der Waals surface area contributed by atoms with Crippen molar-refractivity contribution in [3.05, 3.63) is 96.7 Å². The first-order valence-electron chi connectivity index (χ1n) is 12.8. The minimum atomic E-state index is 0.478. The van der Waals surface area contributed by atoms with Crippen LogP contribution in [0.3, 0.4) is 0 Å². The monoisotopic (exact) mass is 451 g/mol. The van der Waals surface area contributed by atoms with E-state index in [1.165, 1.54) is 25.7 Å². The Balaban J connectivity index is 0. The van der Waals surface area contributed by atoms with Gasteiger partial charge in [0.2, 0.25) is 0 Å². The van der Waals surface area contributed by atoms with E-state index in [0.29, 0.717) is 12.5 Å². The third-order valence-electron chi connectivity index (χ3n) is 5.73. The fraction of sp³-hybridized carbons (Fsp3) is 0.500. The quantitative estimate of drug-likeness (QED) is 0.183. The molecule has 0 aliphatic heterocycles. The molecule has 186 valence electrons. The lowest BCUT2D eigenvalue weighted by Crippen LogP contribution is -2.01. The van der Waals surface area contributed by atoms with E-state index in [0.717, 1.165) is 58.6 Å². The van der Waals surface area contributed by atoms with Crippen molar-refractivity contribution >= 4 is 0 Å². The Kier molecular flexibility index (Phi) is 20.5. The molecule has 0 spiro atoms. The molecule has 0 aromatic rings. The highest BCUT2D eigenvalue weighted by Crippen LogP contribution is 2.25. The molecule has 0 aromatic heterocycles. The van der Waals surface area contributed by atoms with Gasteiger partial charge in [-0.3, -0.25) is 0 Å². The largest absolute Gasteiger partial charge is 0.330 e. The van der Waals surface area contributed by atoms with Crippen molar-refractivity contribution in [1.82, 2.24) is 0 Å². The molecule has 0 heterocycles. The first-order valence-corrected chi connectivity index (χ1v) is 12.8. The third-order valence-corrected chi connectivity index (χ3v) is 5.73. The van der Waals surface area contributed by atoms with Gasteiger partial charge in [-0.05, 0) is 71.9 Å². The van der Waals surface area contributed by atoms with E-state index in [2.05, 4.69) is 92.7 Å². The van der Waals surface area contributed by atoms with Gasteiger partial charge >= 0.3 is 0 Å². The molecule has 0 rings (SSSR count). The summed E-state index contributed by atoms with van der Waals surface area (Å²) in [5.41, 5.74) is 11.5. The van der Waals surface area contributed by atoms with E-state index in [4.69, 9.17) is 5.73 Å². The van der Waals surface area contributed by atoms with Crippen LogP contribution in [0.1, 0.15) is 86.5 Å². The standard InChI is InChI=1S/C29H45N.C3H8/c1-10-22(3)16-17-24(5)25(6)18-19-26(7)28(9)29(11-2)21-27(8)23(4)15-13-12-14-20-30;1-3-2/h13,15,18-19,21-22,24H,4,6-12,14,16-17,20,30H2,1-3,5H3;3H2,1-2H3/b15-13-,19-18-,29-21-;. The average molecular weight is 452 g/mol. The lowest BCUT2D eigenvalue weighted by molar-refractivity contribution is 0.454. The third kappa shape index (κ3) is 16.2. The van der Waals surface area contributed by atoms with Crippen LogP contribution in [0, 0.1) is 11.8 Å². The highest BCUT2D eigenvalue weighted by molar-refractivity contribution is 5.54. The van der Waals surface area contributed by atoms with Crippen LogP contribution in [0.15, 0.2) is 96.7 Å². The molecule has 0 aromatic carbocycles. The molecular formula is C32H53N. The fourth-order valence-electron chi connectivity index (χ4n) is 2.88. The van der Waals surface area contributed by atoms with E-state index in [9.17, 15) is 0 Å². The van der Waals surface area contributed by atoms with Crippen LogP contribution in [0.5, 0.6) is 0 Å². The van der Waals surface area contributed by atoms with E-state index in [1.54, 1.807) is 0 Å². The summed E-state index contributed by atoms with van der Waals surface area (Å²) in [4.78, 5) is 0. The van der Waals surface area contributed by atoms with Crippen molar-refractivity contribution in [3.8, 4) is 0 Å². The van der Waals surface area contributed by atoms with Gasteiger partial charge in [0.1, 0.15) is 0 Å². The number of rotatable bonds is 16. The van der Waals surface area contributed by atoms with Gasteiger partial charge in [-0.2, -0.15) is 0 Å². The minimum absolute atomic E-state index is 0.478. The Morgan fingerprint density at radius 1 is 0.818 bits per heavy atom. The molecule has 0 aliphatic rings. The van der Waals surface area contributed by atoms with Gasteiger partial charge < -0.3 is 5.73 Å². The van der Waals surface area contributed by atoms with Crippen LogP contribution in [-0.4, -0.2) is 6.54 Å². The van der Waals surface area contributed by atoms with E-state index >= 15 is 0 Å². The minimum Gasteiger partial charge on any atom is -0.330 e. The van der Waals surface area contributed by atoms with Gasteiger partial charge in [-0.25, -0.2) is 0 Å². The molecule has 0 saturated carbocycles. The van der Waals surface area contributed by atoms with E-state index < -0.39 is 0 Å². The smallest absolute Gasteiger partial charge is 0.00743 e. The molecule has 0 radical (unpaired) electrons. The molecule has 1 nitrogen and oxygen atoms in total. The molecule has 0 bridgehead atoms. The zero-order chi connectivity index (χ0) is 25.8. The Labute approximate surface area is 207 Å². The maximum absolute atomic E-state index is 5.53. The molecular weight excluding hydrogens is 398 g/mol. The van der Waals surface area contributed by atoms with Crippen LogP contribution in [0.25, 0.3) is 0 Å². The fourth-order valence-corrected chi connectivity index (χ4v) is 2.88. The highest BCUT2D eigenvalue weighted by atomic mass is 14.5. The maximum atomic E-state index is 5.53. The normalized spacial score (nSPS) is 13.4. The number of unbranched alkanes of at least 4 members (excludes halogenated alkanes) is 1. The Morgan fingerprint density at radius 3 is 1.94 bits per heavy atom. The predicted octanol–water partition coefficient (Wildman–Crippen LogP) is 9.83. The summed E-state index contributed by atoms with van der Waals surface area (Å²) in [5, 5.41) is 0. The van der Waals surface area contributed by atoms with Gasteiger partial charge in [0, 0.05) is 0 Å². The zero-order valence-corrected chi connectivity index (χ0v) is 22.8. The molecule has 2 N–H and O–H groups in total.